The molecule has 1 amide bonds. The highest BCUT2D eigenvalue weighted by molar-refractivity contribution is 5.99. The molecular formula is C25H29N3O2. The fourth-order valence-electron chi connectivity index (χ4n) is 3.92. The second kappa shape index (κ2) is 8.84. The van der Waals surface area contributed by atoms with E-state index in [9.17, 15) is 4.79 Å². The van der Waals surface area contributed by atoms with Gasteiger partial charge in [0.1, 0.15) is 5.75 Å². The Balaban J connectivity index is 1.68. The van der Waals surface area contributed by atoms with E-state index in [1.54, 1.807) is 0 Å². The SMILES string of the molecule is CCOc1cc(-c2ccc(C)cc2)nc2ccc(C(=O)N3CCN(CC)CC3)cc12. The molecule has 1 aliphatic rings. The van der Waals surface area contributed by atoms with E-state index in [0.717, 1.165) is 60.6 Å². The summed E-state index contributed by atoms with van der Waals surface area (Å²) in [6.45, 7) is 11.2. The summed E-state index contributed by atoms with van der Waals surface area (Å²) in [6, 6.07) is 16.1. The number of nitrogens with zero attached hydrogens (tertiary/aromatic N) is 3. The topological polar surface area (TPSA) is 45.7 Å². The van der Waals surface area contributed by atoms with Gasteiger partial charge in [-0.15, -0.1) is 0 Å². The Labute approximate surface area is 178 Å². The Hall–Kier alpha value is -2.92. The number of fused-ring (bicyclic) bond motifs is 1. The van der Waals surface area contributed by atoms with Gasteiger partial charge in [-0.05, 0) is 38.6 Å². The molecule has 5 nitrogen and oxygen atoms in total. The van der Waals surface area contributed by atoms with Gasteiger partial charge in [-0.3, -0.25) is 4.79 Å². The third kappa shape index (κ3) is 4.17. The van der Waals surface area contributed by atoms with Crippen molar-refractivity contribution < 1.29 is 9.53 Å². The Kier molecular flexibility index (Phi) is 6.00. The second-order valence-electron chi connectivity index (χ2n) is 7.76. The number of carbonyl (C=O) groups excluding carboxylic acids is 1. The molecule has 0 aliphatic carbocycles. The van der Waals surface area contributed by atoms with Crippen molar-refractivity contribution in [1.82, 2.24) is 14.8 Å². The number of rotatable bonds is 5. The molecular weight excluding hydrogens is 374 g/mol. The molecule has 0 unspecified atom stereocenters. The van der Waals surface area contributed by atoms with Crippen LogP contribution in [-0.2, 0) is 0 Å². The van der Waals surface area contributed by atoms with Gasteiger partial charge in [0.25, 0.3) is 5.91 Å². The molecule has 1 fully saturated rings. The summed E-state index contributed by atoms with van der Waals surface area (Å²) in [4.78, 5) is 22.2. The molecule has 2 heterocycles. The number of ether oxygens (including phenoxy) is 1. The third-order valence-electron chi connectivity index (χ3n) is 5.77. The van der Waals surface area contributed by atoms with Crippen molar-refractivity contribution >= 4 is 16.8 Å². The van der Waals surface area contributed by atoms with Gasteiger partial charge in [0.15, 0.2) is 0 Å². The van der Waals surface area contributed by atoms with E-state index in [4.69, 9.17) is 9.72 Å². The fourth-order valence-corrected chi connectivity index (χ4v) is 3.92. The first-order valence-electron chi connectivity index (χ1n) is 10.7. The molecule has 156 valence electrons. The van der Waals surface area contributed by atoms with Crippen LogP contribution in [-0.4, -0.2) is 60.0 Å². The summed E-state index contributed by atoms with van der Waals surface area (Å²) in [5.74, 6) is 0.848. The van der Waals surface area contributed by atoms with Crippen molar-refractivity contribution in [1.29, 1.82) is 0 Å². The smallest absolute Gasteiger partial charge is 0.253 e. The number of pyridine rings is 1. The van der Waals surface area contributed by atoms with Crippen LogP contribution in [0, 0.1) is 6.92 Å². The number of hydrogen-bond donors (Lipinski definition) is 0. The predicted octanol–water partition coefficient (Wildman–Crippen LogP) is 4.39. The van der Waals surface area contributed by atoms with Crippen LogP contribution in [0.5, 0.6) is 5.75 Å². The van der Waals surface area contributed by atoms with Crippen LogP contribution < -0.4 is 4.74 Å². The van der Waals surface area contributed by atoms with E-state index in [1.165, 1.54) is 5.56 Å². The quantitative estimate of drug-likeness (QED) is 0.634. The standard InChI is InChI=1S/C25H29N3O2/c1-4-27-12-14-28(15-13-27)25(29)20-10-11-22-21(16-20)24(30-5-2)17-23(26-22)19-8-6-18(3)7-9-19/h6-11,16-17H,4-5,12-15H2,1-3H3. The monoisotopic (exact) mass is 403 g/mol. The van der Waals surface area contributed by atoms with E-state index < -0.39 is 0 Å². The highest BCUT2D eigenvalue weighted by Gasteiger charge is 2.22. The molecule has 0 saturated carbocycles. The molecule has 0 spiro atoms. The predicted molar refractivity (Wildman–Crippen MR) is 121 cm³/mol. The average molecular weight is 404 g/mol. The maximum atomic E-state index is 13.1. The highest BCUT2D eigenvalue weighted by atomic mass is 16.5. The van der Waals surface area contributed by atoms with Crippen molar-refractivity contribution in [2.45, 2.75) is 20.8 Å². The third-order valence-corrected chi connectivity index (χ3v) is 5.77. The summed E-state index contributed by atoms with van der Waals surface area (Å²) in [5.41, 5.74) is 4.67. The largest absolute Gasteiger partial charge is 0.493 e. The van der Waals surface area contributed by atoms with Crippen LogP contribution in [0.25, 0.3) is 22.2 Å². The van der Waals surface area contributed by atoms with Crippen molar-refractivity contribution in [3.63, 3.8) is 0 Å². The minimum atomic E-state index is 0.0812. The maximum absolute atomic E-state index is 13.1. The van der Waals surface area contributed by atoms with Gasteiger partial charge in [0, 0.05) is 48.8 Å². The van der Waals surface area contributed by atoms with Crippen LogP contribution >= 0.6 is 0 Å². The molecule has 0 radical (unpaired) electrons. The van der Waals surface area contributed by atoms with Gasteiger partial charge < -0.3 is 14.5 Å². The lowest BCUT2D eigenvalue weighted by atomic mass is 10.0. The van der Waals surface area contributed by atoms with E-state index in [2.05, 4.69) is 43.0 Å². The van der Waals surface area contributed by atoms with Crippen LogP contribution in [0.3, 0.4) is 0 Å². The Morgan fingerprint density at radius 2 is 1.73 bits per heavy atom. The number of benzene rings is 2. The summed E-state index contributed by atoms with van der Waals surface area (Å²) in [7, 11) is 0. The molecule has 30 heavy (non-hydrogen) atoms. The highest BCUT2D eigenvalue weighted by Crippen LogP contribution is 2.31. The normalized spacial score (nSPS) is 14.8. The molecule has 0 N–H and O–H groups in total. The molecule has 4 rings (SSSR count). The number of likely N-dealkylation sites (N-methyl/N-ethyl adjacent to an activating group) is 1. The van der Waals surface area contributed by atoms with Crippen molar-refractivity contribution in [2.24, 2.45) is 0 Å². The van der Waals surface area contributed by atoms with Gasteiger partial charge in [-0.25, -0.2) is 4.98 Å². The number of aromatic nitrogens is 1. The fraction of sp³-hybridized carbons (Fsp3) is 0.360. The van der Waals surface area contributed by atoms with Crippen molar-refractivity contribution in [3.8, 4) is 17.0 Å². The molecule has 1 saturated heterocycles. The van der Waals surface area contributed by atoms with Crippen molar-refractivity contribution in [3.05, 3.63) is 59.7 Å². The number of carbonyl (C=O) groups is 1. The van der Waals surface area contributed by atoms with E-state index in [0.29, 0.717) is 12.2 Å². The zero-order chi connectivity index (χ0) is 21.1. The summed E-state index contributed by atoms with van der Waals surface area (Å²) in [6.07, 6.45) is 0. The molecule has 0 atom stereocenters. The van der Waals surface area contributed by atoms with Crippen molar-refractivity contribution in [2.75, 3.05) is 39.3 Å². The lowest BCUT2D eigenvalue weighted by molar-refractivity contribution is 0.0643. The molecule has 5 heteroatoms. The van der Waals surface area contributed by atoms with Gasteiger partial charge >= 0.3 is 0 Å². The maximum Gasteiger partial charge on any atom is 0.253 e. The van der Waals surface area contributed by atoms with E-state index in [-0.39, 0.29) is 5.91 Å². The molecule has 1 aromatic heterocycles. The molecule has 3 aromatic rings. The van der Waals surface area contributed by atoms with Gasteiger partial charge in [-0.2, -0.15) is 0 Å². The Morgan fingerprint density at radius 1 is 1.00 bits per heavy atom. The second-order valence-corrected chi connectivity index (χ2v) is 7.76. The minimum Gasteiger partial charge on any atom is -0.493 e. The zero-order valence-electron chi connectivity index (χ0n) is 18.0. The molecule has 1 aliphatic heterocycles. The number of amides is 1. The van der Waals surface area contributed by atoms with Gasteiger partial charge in [-0.1, -0.05) is 36.8 Å². The number of piperazine rings is 1. The minimum absolute atomic E-state index is 0.0812. The number of hydrogen-bond acceptors (Lipinski definition) is 4. The zero-order valence-corrected chi connectivity index (χ0v) is 18.0. The van der Waals surface area contributed by atoms with Gasteiger partial charge in [0.2, 0.25) is 0 Å². The van der Waals surface area contributed by atoms with Crippen LogP contribution in [0.4, 0.5) is 0 Å². The average Bonchev–Trinajstić information content (AvgIpc) is 2.79. The lowest BCUT2D eigenvalue weighted by Crippen LogP contribution is -2.48. The first-order valence-corrected chi connectivity index (χ1v) is 10.7. The Morgan fingerprint density at radius 3 is 2.40 bits per heavy atom. The number of aryl methyl sites for hydroxylation is 1. The molecule has 2 aromatic carbocycles. The lowest BCUT2D eigenvalue weighted by Gasteiger charge is -2.34. The summed E-state index contributed by atoms with van der Waals surface area (Å²) >= 11 is 0. The first-order chi connectivity index (χ1) is 14.6. The summed E-state index contributed by atoms with van der Waals surface area (Å²) in [5, 5.41) is 0.880. The van der Waals surface area contributed by atoms with Crippen LogP contribution in [0.2, 0.25) is 0 Å². The van der Waals surface area contributed by atoms with E-state index >= 15 is 0 Å². The molecule has 0 bridgehead atoms. The van der Waals surface area contributed by atoms with Gasteiger partial charge in [0.05, 0.1) is 17.8 Å². The summed E-state index contributed by atoms with van der Waals surface area (Å²) < 4.78 is 5.94. The first kappa shape index (κ1) is 20.4. The van der Waals surface area contributed by atoms with Crippen LogP contribution in [0.1, 0.15) is 29.8 Å². The van der Waals surface area contributed by atoms with Crippen LogP contribution in [0.15, 0.2) is 48.5 Å². The van der Waals surface area contributed by atoms with E-state index in [1.807, 2.05) is 36.1 Å². The Bertz CT molecular complexity index is 1040.